The van der Waals surface area contributed by atoms with E-state index in [-0.39, 0.29) is 35.5 Å². The van der Waals surface area contributed by atoms with Crippen LogP contribution in [0.25, 0.3) is 0 Å². The van der Waals surface area contributed by atoms with Crippen LogP contribution in [0.3, 0.4) is 0 Å². The second-order valence-corrected chi connectivity index (χ2v) is 28.1. The minimum Gasteiger partial charge on any atom is -0.417 e. The van der Waals surface area contributed by atoms with Crippen molar-refractivity contribution in [1.82, 2.24) is 0 Å². The lowest BCUT2D eigenvalue weighted by atomic mass is 10.1. The molecule has 50 heavy (non-hydrogen) atoms. The Labute approximate surface area is 331 Å². The molecule has 288 valence electrons. The van der Waals surface area contributed by atoms with E-state index in [4.69, 9.17) is 20.5 Å². The topological polar surface area (TPSA) is 55.8 Å². The van der Waals surface area contributed by atoms with E-state index in [1.54, 1.807) is 13.8 Å². The molecule has 0 heterocycles. The van der Waals surface area contributed by atoms with Crippen molar-refractivity contribution >= 4 is 76.9 Å². The molecule has 2 rings (SSSR count). The fourth-order valence-corrected chi connectivity index (χ4v) is 6.38. The van der Waals surface area contributed by atoms with E-state index >= 15 is 0 Å². The van der Waals surface area contributed by atoms with Gasteiger partial charge in [-0.3, -0.25) is 9.59 Å². The van der Waals surface area contributed by atoms with Crippen molar-refractivity contribution in [2.45, 2.75) is 140 Å². The third-order valence-corrected chi connectivity index (χ3v) is 20.6. The molecular weight excluding hydrogens is 810 g/mol. The lowest BCUT2D eigenvalue weighted by Crippen LogP contribution is -2.44. The summed E-state index contributed by atoms with van der Waals surface area (Å²) in [7, 11) is -3.37. The summed E-state index contributed by atoms with van der Waals surface area (Å²) in [5.41, 5.74) is 4.77. The van der Waals surface area contributed by atoms with Gasteiger partial charge in [0, 0.05) is 39.6 Å². The Balaban J connectivity index is 0. The van der Waals surface area contributed by atoms with Gasteiger partial charge >= 0.3 is 0 Å². The van der Waals surface area contributed by atoms with Crippen LogP contribution in [0.1, 0.15) is 99.8 Å². The predicted octanol–water partition coefficient (Wildman–Crippen LogP) is 13.5. The van der Waals surface area contributed by atoms with Crippen molar-refractivity contribution in [3.8, 4) is 0 Å². The molecule has 2 aromatic carbocycles. The van der Waals surface area contributed by atoms with Gasteiger partial charge in [-0.25, -0.2) is 0 Å². The fraction of sp³-hybridized carbons (Fsp3) is 0.650. The zero-order chi connectivity index (χ0) is 38.5. The summed E-state index contributed by atoms with van der Waals surface area (Å²) in [6.07, 6.45) is 2.20. The van der Waals surface area contributed by atoms with Gasteiger partial charge in [0.1, 0.15) is 0 Å². The van der Waals surface area contributed by atoms with Crippen molar-refractivity contribution in [3.63, 3.8) is 0 Å². The van der Waals surface area contributed by atoms with E-state index in [9.17, 15) is 9.59 Å². The number of rotatable bonds is 12. The Morgan fingerprint density at radius 2 is 1.18 bits per heavy atom. The summed E-state index contributed by atoms with van der Waals surface area (Å²) < 4.78 is 14.7. The fourth-order valence-electron chi connectivity index (χ4n) is 3.77. The molecule has 2 aromatic rings. The van der Waals surface area contributed by atoms with Crippen molar-refractivity contribution in [2.75, 3.05) is 24.7 Å². The number of amides is 1. The van der Waals surface area contributed by atoms with Gasteiger partial charge in [-0.15, -0.1) is 0 Å². The van der Waals surface area contributed by atoms with Crippen LogP contribution in [-0.2, 0) is 24.9 Å². The van der Waals surface area contributed by atoms with Gasteiger partial charge in [0.05, 0.1) is 6.61 Å². The molecule has 0 atom stereocenters. The van der Waals surface area contributed by atoms with Crippen molar-refractivity contribution in [2.24, 2.45) is 11.8 Å². The summed E-state index contributed by atoms with van der Waals surface area (Å²) in [4.78, 5) is 24.4. The average molecular weight is 880 g/mol. The van der Waals surface area contributed by atoms with Gasteiger partial charge in [-0.1, -0.05) is 121 Å². The quantitative estimate of drug-likeness (QED) is 0.121. The Kier molecular flexibility index (Phi) is 23.0. The number of hydrogen-bond donors (Lipinski definition) is 0. The van der Waals surface area contributed by atoms with Gasteiger partial charge in [-0.2, -0.15) is 0 Å². The highest BCUT2D eigenvalue weighted by Gasteiger charge is 2.38. The second-order valence-electron chi connectivity index (χ2n) is 16.4. The number of carbonyl (C=O) groups excluding carboxylic acids is 2. The zero-order valence-electron chi connectivity index (χ0n) is 33.4. The van der Waals surface area contributed by atoms with Crippen molar-refractivity contribution < 1.29 is 18.4 Å². The minimum atomic E-state index is -1.80. The predicted molar refractivity (Wildman–Crippen MR) is 232 cm³/mol. The van der Waals surface area contributed by atoms with Gasteiger partial charge in [-0.05, 0) is 116 Å². The van der Waals surface area contributed by atoms with Crippen molar-refractivity contribution in [1.29, 1.82) is 0 Å². The molecule has 5 nitrogen and oxygen atoms in total. The SMILES string of the molecule is C.CC(C)C(=O)Cl.Cc1cc(CCCO[Si](C)(C)C(C)(C)C)ccc1Br.Cc1cc(N(CCO[Si](C)(C)C(C)(C)C)C(=O)C(C)C)ccc1Br. The maximum absolute atomic E-state index is 12.7. The number of carbonyl (C=O) groups is 2. The Hall–Kier alpha value is -0.816. The summed E-state index contributed by atoms with van der Waals surface area (Å²) in [6.45, 7) is 36.3. The van der Waals surface area contributed by atoms with Crippen LogP contribution >= 0.6 is 43.5 Å². The van der Waals surface area contributed by atoms with Crippen LogP contribution in [0.15, 0.2) is 45.3 Å². The molecular formula is C40H70Br2ClNO4Si2. The summed E-state index contributed by atoms with van der Waals surface area (Å²) in [6, 6.07) is 12.6. The van der Waals surface area contributed by atoms with Gasteiger partial charge in [0.15, 0.2) is 16.6 Å². The highest BCUT2D eigenvalue weighted by molar-refractivity contribution is 9.10. The molecule has 0 N–H and O–H groups in total. The van der Waals surface area contributed by atoms with Crippen LogP contribution < -0.4 is 4.90 Å². The standard InChI is InChI=1S/C19H32BrNO2Si.C16H27BrOSi.C4H7ClO.CH4/c1-14(2)18(22)21(16-9-10-17(20)15(3)13-16)11-12-23-24(7,8)19(4,5)6;1-13-12-14(9-10-15(13)17)8-7-11-18-19(5,6)16(2,3)4;1-3(2)4(5)6;/h9-10,13-14H,11-12H2,1-8H3;9-10,12H,7-8,11H2,1-6H3;3H,1-2H3;1H4. The van der Waals surface area contributed by atoms with Crippen LogP contribution in [-0.4, -0.2) is 47.5 Å². The first-order valence-corrected chi connectivity index (χ1v) is 25.2. The van der Waals surface area contributed by atoms with E-state index < -0.39 is 16.6 Å². The smallest absolute Gasteiger partial charge is 0.229 e. The van der Waals surface area contributed by atoms with Gasteiger partial charge in [0.25, 0.3) is 0 Å². The van der Waals surface area contributed by atoms with E-state index in [2.05, 4.69) is 131 Å². The maximum Gasteiger partial charge on any atom is 0.229 e. The van der Waals surface area contributed by atoms with E-state index in [0.717, 1.165) is 35.2 Å². The van der Waals surface area contributed by atoms with E-state index in [1.807, 2.05) is 37.8 Å². The Bertz CT molecular complexity index is 1340. The number of nitrogens with zero attached hydrogens (tertiary/aromatic N) is 1. The molecule has 0 saturated carbocycles. The number of benzene rings is 2. The zero-order valence-corrected chi connectivity index (χ0v) is 39.3. The molecule has 0 aliphatic heterocycles. The molecule has 0 unspecified atom stereocenters. The van der Waals surface area contributed by atoms with Crippen LogP contribution in [0.2, 0.25) is 36.3 Å². The molecule has 0 aromatic heterocycles. The monoisotopic (exact) mass is 877 g/mol. The number of halogens is 3. The molecule has 1 amide bonds. The summed E-state index contributed by atoms with van der Waals surface area (Å²) in [5, 5.41) is 0.213. The number of aryl methyl sites for hydroxylation is 3. The third-order valence-electron chi connectivity index (χ3n) is 9.35. The molecule has 0 fully saturated rings. The Morgan fingerprint density at radius 1 is 0.760 bits per heavy atom. The van der Waals surface area contributed by atoms with Crippen LogP contribution in [0.5, 0.6) is 0 Å². The minimum absolute atomic E-state index is 0. The summed E-state index contributed by atoms with van der Waals surface area (Å²) >= 11 is 12.0. The van der Waals surface area contributed by atoms with E-state index in [1.165, 1.54) is 15.6 Å². The average Bonchev–Trinajstić information content (AvgIpc) is 2.96. The maximum atomic E-state index is 12.7. The number of hydrogen-bond acceptors (Lipinski definition) is 4. The van der Waals surface area contributed by atoms with E-state index in [0.29, 0.717) is 18.2 Å². The molecule has 10 heteroatoms. The largest absolute Gasteiger partial charge is 0.417 e. The third kappa shape index (κ3) is 18.3. The normalized spacial score (nSPS) is 12.0. The summed E-state index contributed by atoms with van der Waals surface area (Å²) in [5.74, 6) is 0.0732. The van der Waals surface area contributed by atoms with Gasteiger partial charge < -0.3 is 13.8 Å². The van der Waals surface area contributed by atoms with Crippen LogP contribution in [0.4, 0.5) is 5.69 Å². The molecule has 0 aliphatic rings. The molecule has 0 saturated heterocycles. The van der Waals surface area contributed by atoms with Crippen molar-refractivity contribution in [3.05, 3.63) is 62.0 Å². The van der Waals surface area contributed by atoms with Gasteiger partial charge in [0.2, 0.25) is 11.1 Å². The lowest BCUT2D eigenvalue weighted by Gasteiger charge is -2.37. The first-order chi connectivity index (χ1) is 22.1. The molecule has 0 spiro atoms. The molecule has 0 aliphatic carbocycles. The second kappa shape index (κ2) is 22.4. The van der Waals surface area contributed by atoms with Crippen LogP contribution in [0, 0.1) is 25.7 Å². The highest BCUT2D eigenvalue weighted by atomic mass is 79.9. The Morgan fingerprint density at radius 3 is 1.56 bits per heavy atom. The highest BCUT2D eigenvalue weighted by Crippen LogP contribution is 2.37. The first-order valence-electron chi connectivity index (χ1n) is 17.4. The molecule has 0 bridgehead atoms. The molecule has 0 radical (unpaired) electrons. The number of anilines is 1. The lowest BCUT2D eigenvalue weighted by molar-refractivity contribution is -0.121. The first kappa shape index (κ1) is 51.3.